The monoisotopic (exact) mass is 324 g/mol. The van der Waals surface area contributed by atoms with Crippen molar-refractivity contribution < 1.29 is 4.79 Å². The van der Waals surface area contributed by atoms with Gasteiger partial charge in [0.15, 0.2) is 5.13 Å². The van der Waals surface area contributed by atoms with Crippen molar-refractivity contribution in [1.29, 1.82) is 0 Å². The Morgan fingerprint density at radius 3 is 2.71 bits per heavy atom. The van der Waals surface area contributed by atoms with Gasteiger partial charge in [-0.05, 0) is 18.6 Å². The molecule has 1 unspecified atom stereocenters. The molecule has 0 spiro atoms. The molecule has 5 nitrogen and oxygen atoms in total. The van der Waals surface area contributed by atoms with Gasteiger partial charge in [0, 0.05) is 19.1 Å². The predicted octanol–water partition coefficient (Wildman–Crippen LogP) is 3.25. The average Bonchev–Trinajstić information content (AvgIpc) is 2.86. The Balaban J connectivity index is 2.26. The topological polar surface area (TPSA) is 71.2 Å². The number of halogens is 1. The summed E-state index contributed by atoms with van der Waals surface area (Å²) in [6, 6.07) is 7.32. The number of nitrogens with one attached hydrogen (secondary N) is 1. The van der Waals surface area contributed by atoms with E-state index in [9.17, 15) is 4.79 Å². The zero-order valence-corrected chi connectivity index (χ0v) is 13.6. The lowest BCUT2D eigenvalue weighted by Crippen LogP contribution is -2.29. The Hall–Kier alpha value is -1.79. The molecule has 0 bridgehead atoms. The van der Waals surface area contributed by atoms with E-state index in [0.29, 0.717) is 15.0 Å². The van der Waals surface area contributed by atoms with Gasteiger partial charge in [0.1, 0.15) is 10.7 Å². The quantitative estimate of drug-likeness (QED) is 0.905. The largest absolute Gasteiger partial charge is 0.382 e. The Kier molecular flexibility index (Phi) is 4.69. The summed E-state index contributed by atoms with van der Waals surface area (Å²) < 4.78 is 0. The first-order valence-corrected chi connectivity index (χ1v) is 7.60. The molecule has 0 aliphatic heterocycles. The average molecular weight is 325 g/mol. The summed E-state index contributed by atoms with van der Waals surface area (Å²) in [5, 5.41) is 4.14. The minimum atomic E-state index is -0.168. The van der Waals surface area contributed by atoms with E-state index in [2.05, 4.69) is 10.3 Å². The van der Waals surface area contributed by atoms with Crippen LogP contribution >= 0.6 is 22.9 Å². The number of rotatable bonds is 4. The van der Waals surface area contributed by atoms with Crippen LogP contribution in [0.15, 0.2) is 24.3 Å². The molecule has 1 aromatic heterocycles. The molecule has 0 saturated heterocycles. The molecule has 1 amide bonds. The van der Waals surface area contributed by atoms with Crippen LogP contribution in [0.1, 0.15) is 28.2 Å². The van der Waals surface area contributed by atoms with E-state index >= 15 is 0 Å². The maximum absolute atomic E-state index is 12.6. The Labute approximate surface area is 132 Å². The zero-order chi connectivity index (χ0) is 15.6. The molecule has 1 aromatic carbocycles. The lowest BCUT2D eigenvalue weighted by Gasteiger charge is -2.25. The van der Waals surface area contributed by atoms with Crippen molar-refractivity contribution in [1.82, 2.24) is 9.88 Å². The lowest BCUT2D eigenvalue weighted by molar-refractivity contribution is 0.0748. The lowest BCUT2D eigenvalue weighted by atomic mass is 10.1. The molecule has 1 heterocycles. The fourth-order valence-corrected chi connectivity index (χ4v) is 3.07. The van der Waals surface area contributed by atoms with Gasteiger partial charge in [-0.1, -0.05) is 41.1 Å². The Morgan fingerprint density at radius 1 is 1.48 bits per heavy atom. The maximum atomic E-state index is 12.6. The molecule has 1 atom stereocenters. The molecule has 0 saturated carbocycles. The highest BCUT2D eigenvalue weighted by Gasteiger charge is 2.24. The van der Waals surface area contributed by atoms with Gasteiger partial charge in [0.05, 0.1) is 6.04 Å². The van der Waals surface area contributed by atoms with Crippen LogP contribution in [0.2, 0.25) is 5.02 Å². The second kappa shape index (κ2) is 6.32. The number of hydrogen-bond acceptors (Lipinski definition) is 5. The van der Waals surface area contributed by atoms with Crippen molar-refractivity contribution in [2.45, 2.75) is 13.0 Å². The van der Waals surface area contributed by atoms with E-state index in [-0.39, 0.29) is 17.8 Å². The number of carbonyl (C=O) groups excluding carboxylic acids is 1. The number of nitrogens with two attached hydrogens (primary N) is 1. The van der Waals surface area contributed by atoms with Gasteiger partial charge in [-0.3, -0.25) is 4.79 Å². The number of benzene rings is 1. The van der Waals surface area contributed by atoms with Crippen LogP contribution in [0.5, 0.6) is 0 Å². The Bertz CT molecular complexity index is 658. The van der Waals surface area contributed by atoms with Gasteiger partial charge < -0.3 is 16.0 Å². The van der Waals surface area contributed by atoms with E-state index in [1.807, 2.05) is 31.2 Å². The molecular formula is C14H17ClN4OS. The molecule has 2 aromatic rings. The van der Waals surface area contributed by atoms with Gasteiger partial charge in [-0.25, -0.2) is 4.98 Å². The molecule has 7 heteroatoms. The summed E-state index contributed by atoms with van der Waals surface area (Å²) in [4.78, 5) is 18.7. The van der Waals surface area contributed by atoms with Gasteiger partial charge >= 0.3 is 0 Å². The number of hydrogen-bond donors (Lipinski definition) is 2. The third-order valence-corrected chi connectivity index (χ3v) is 4.74. The van der Waals surface area contributed by atoms with Crippen molar-refractivity contribution in [3.63, 3.8) is 0 Å². The summed E-state index contributed by atoms with van der Waals surface area (Å²) in [5.74, 6) is 0.0754. The number of thiazole rings is 1. The SMILES string of the molecule is CNc1nc(N)c(C(=O)N(C)C(C)c2ccccc2Cl)s1. The number of nitrogen functional groups attached to an aromatic ring is 1. The van der Waals surface area contributed by atoms with Crippen LogP contribution in [0.4, 0.5) is 10.9 Å². The summed E-state index contributed by atoms with van der Waals surface area (Å²) in [7, 11) is 3.47. The molecule has 2 rings (SSSR count). The van der Waals surface area contributed by atoms with Crippen LogP contribution < -0.4 is 11.1 Å². The first-order valence-electron chi connectivity index (χ1n) is 6.41. The molecule has 112 valence electrons. The van der Waals surface area contributed by atoms with E-state index in [0.717, 1.165) is 5.56 Å². The van der Waals surface area contributed by atoms with Gasteiger partial charge in [-0.2, -0.15) is 0 Å². The van der Waals surface area contributed by atoms with Crippen LogP contribution in [0.25, 0.3) is 0 Å². The number of aromatic nitrogens is 1. The minimum Gasteiger partial charge on any atom is -0.382 e. The van der Waals surface area contributed by atoms with E-state index in [4.69, 9.17) is 17.3 Å². The molecule has 3 N–H and O–H groups in total. The highest BCUT2D eigenvalue weighted by Crippen LogP contribution is 2.30. The number of nitrogens with zero attached hydrogens (tertiary/aromatic N) is 2. The van der Waals surface area contributed by atoms with Crippen LogP contribution in [0.3, 0.4) is 0 Å². The smallest absolute Gasteiger partial charge is 0.268 e. The molecule has 0 fully saturated rings. The van der Waals surface area contributed by atoms with Gasteiger partial charge in [-0.15, -0.1) is 0 Å². The zero-order valence-electron chi connectivity index (χ0n) is 12.1. The van der Waals surface area contributed by atoms with Crippen LogP contribution in [-0.2, 0) is 0 Å². The number of amides is 1. The van der Waals surface area contributed by atoms with Crippen molar-refractivity contribution >= 4 is 39.8 Å². The van der Waals surface area contributed by atoms with E-state index in [1.165, 1.54) is 11.3 Å². The molecule has 0 radical (unpaired) electrons. The third kappa shape index (κ3) is 3.11. The fourth-order valence-electron chi connectivity index (χ4n) is 1.95. The highest BCUT2D eigenvalue weighted by atomic mass is 35.5. The highest BCUT2D eigenvalue weighted by molar-refractivity contribution is 7.18. The second-order valence-electron chi connectivity index (χ2n) is 4.60. The van der Waals surface area contributed by atoms with Crippen LogP contribution in [-0.4, -0.2) is 29.9 Å². The molecular weight excluding hydrogens is 308 g/mol. The van der Waals surface area contributed by atoms with Crippen molar-refractivity contribution in [2.24, 2.45) is 0 Å². The van der Waals surface area contributed by atoms with Crippen molar-refractivity contribution in [3.05, 3.63) is 39.7 Å². The van der Waals surface area contributed by atoms with E-state index < -0.39 is 0 Å². The normalized spacial score (nSPS) is 12.0. The minimum absolute atomic E-state index is 0.161. The summed E-state index contributed by atoms with van der Waals surface area (Å²) in [6.45, 7) is 1.93. The van der Waals surface area contributed by atoms with Gasteiger partial charge in [0.2, 0.25) is 0 Å². The predicted molar refractivity (Wildman–Crippen MR) is 88.0 cm³/mol. The summed E-state index contributed by atoms with van der Waals surface area (Å²) in [5.41, 5.74) is 6.71. The summed E-state index contributed by atoms with van der Waals surface area (Å²) >= 11 is 7.43. The van der Waals surface area contributed by atoms with Gasteiger partial charge in [0.25, 0.3) is 5.91 Å². The first-order chi connectivity index (χ1) is 9.95. The molecule has 0 aliphatic rings. The number of anilines is 2. The number of carbonyl (C=O) groups is 1. The summed E-state index contributed by atoms with van der Waals surface area (Å²) in [6.07, 6.45) is 0. The third-order valence-electron chi connectivity index (χ3n) is 3.32. The van der Waals surface area contributed by atoms with E-state index in [1.54, 1.807) is 19.0 Å². The fraction of sp³-hybridized carbons (Fsp3) is 0.286. The molecule has 0 aliphatic carbocycles. The maximum Gasteiger partial charge on any atom is 0.268 e. The molecule has 21 heavy (non-hydrogen) atoms. The second-order valence-corrected chi connectivity index (χ2v) is 6.00. The Morgan fingerprint density at radius 2 is 2.14 bits per heavy atom. The van der Waals surface area contributed by atoms with Crippen molar-refractivity contribution in [2.75, 3.05) is 25.1 Å². The van der Waals surface area contributed by atoms with Crippen molar-refractivity contribution in [3.8, 4) is 0 Å². The first kappa shape index (κ1) is 15.6. The standard InChI is InChI=1S/C14H17ClN4OS/c1-8(9-6-4-5-7-10(9)15)19(3)13(20)11-12(16)18-14(17-2)21-11/h4-8H,16H2,1-3H3,(H,17,18). The van der Waals surface area contributed by atoms with Crippen LogP contribution in [0, 0.1) is 0 Å².